The molecule has 1 heterocycles. The zero-order chi connectivity index (χ0) is 12.9. The summed E-state index contributed by atoms with van der Waals surface area (Å²) in [6.45, 7) is 9.84. The number of likely N-dealkylation sites (N-methyl/N-ethyl adjacent to an activating group) is 1. The maximum Gasteiger partial charge on any atom is 0.238 e. The highest BCUT2D eigenvalue weighted by Gasteiger charge is 2.33. The zero-order valence-electron chi connectivity index (χ0n) is 11.2. The van der Waals surface area contributed by atoms with Crippen molar-refractivity contribution in [1.29, 1.82) is 0 Å². The second-order valence-corrected chi connectivity index (χ2v) is 4.86. The van der Waals surface area contributed by atoms with Gasteiger partial charge in [0.15, 0.2) is 0 Å². The summed E-state index contributed by atoms with van der Waals surface area (Å²) in [5, 5.41) is 3.18. The Morgan fingerprint density at radius 3 is 2.82 bits per heavy atom. The quantitative estimate of drug-likeness (QED) is 0.686. The third-order valence-corrected chi connectivity index (χ3v) is 3.33. The third kappa shape index (κ3) is 3.94. The molecule has 0 spiro atoms. The van der Waals surface area contributed by atoms with Crippen LogP contribution in [0.4, 0.5) is 0 Å². The molecule has 5 heteroatoms. The summed E-state index contributed by atoms with van der Waals surface area (Å²) < 4.78 is 5.61. The SMILES string of the molecule is CCNC(C)(CN1CCOC(CC)C1)C(N)=O. The zero-order valence-corrected chi connectivity index (χ0v) is 11.2. The summed E-state index contributed by atoms with van der Waals surface area (Å²) in [5.74, 6) is -0.293. The molecule has 1 fully saturated rings. The molecule has 3 N–H and O–H groups in total. The Labute approximate surface area is 104 Å². The molecule has 1 aliphatic rings. The van der Waals surface area contributed by atoms with Gasteiger partial charge in [0.25, 0.3) is 0 Å². The van der Waals surface area contributed by atoms with Gasteiger partial charge in [-0.1, -0.05) is 13.8 Å². The molecule has 0 aromatic rings. The molecule has 1 saturated heterocycles. The molecule has 100 valence electrons. The lowest BCUT2D eigenvalue weighted by Crippen LogP contribution is -2.61. The first-order valence-corrected chi connectivity index (χ1v) is 6.40. The van der Waals surface area contributed by atoms with Crippen LogP contribution in [0.1, 0.15) is 27.2 Å². The van der Waals surface area contributed by atoms with Crippen molar-refractivity contribution in [2.75, 3.05) is 32.8 Å². The fourth-order valence-electron chi connectivity index (χ4n) is 2.23. The van der Waals surface area contributed by atoms with Crippen molar-refractivity contribution in [1.82, 2.24) is 10.2 Å². The van der Waals surface area contributed by atoms with Crippen molar-refractivity contribution in [3.05, 3.63) is 0 Å². The van der Waals surface area contributed by atoms with Crippen LogP contribution in [0.3, 0.4) is 0 Å². The van der Waals surface area contributed by atoms with Crippen molar-refractivity contribution in [2.24, 2.45) is 5.73 Å². The smallest absolute Gasteiger partial charge is 0.238 e. The van der Waals surface area contributed by atoms with Crippen molar-refractivity contribution < 1.29 is 9.53 Å². The minimum absolute atomic E-state index is 0.280. The number of nitrogens with one attached hydrogen (secondary N) is 1. The van der Waals surface area contributed by atoms with Crippen LogP contribution in [0.25, 0.3) is 0 Å². The summed E-state index contributed by atoms with van der Waals surface area (Å²) >= 11 is 0. The number of primary amides is 1. The molecule has 2 atom stereocenters. The lowest BCUT2D eigenvalue weighted by atomic mass is 10.00. The van der Waals surface area contributed by atoms with Gasteiger partial charge in [0.2, 0.25) is 5.91 Å². The first-order valence-electron chi connectivity index (χ1n) is 6.40. The summed E-state index contributed by atoms with van der Waals surface area (Å²) in [6.07, 6.45) is 1.29. The summed E-state index contributed by atoms with van der Waals surface area (Å²) in [7, 11) is 0. The number of amides is 1. The van der Waals surface area contributed by atoms with Crippen LogP contribution in [0.15, 0.2) is 0 Å². The Morgan fingerprint density at radius 1 is 1.59 bits per heavy atom. The minimum Gasteiger partial charge on any atom is -0.376 e. The first-order chi connectivity index (χ1) is 8.01. The molecule has 1 rings (SSSR count). The highest BCUT2D eigenvalue weighted by atomic mass is 16.5. The van der Waals surface area contributed by atoms with E-state index >= 15 is 0 Å². The van der Waals surface area contributed by atoms with Crippen LogP contribution >= 0.6 is 0 Å². The van der Waals surface area contributed by atoms with E-state index in [9.17, 15) is 4.79 Å². The Bertz CT molecular complexity index is 260. The average molecular weight is 243 g/mol. The van der Waals surface area contributed by atoms with Gasteiger partial charge < -0.3 is 15.8 Å². The van der Waals surface area contributed by atoms with E-state index in [2.05, 4.69) is 17.1 Å². The molecular weight excluding hydrogens is 218 g/mol. The number of carbonyl (C=O) groups is 1. The maximum absolute atomic E-state index is 11.5. The second-order valence-electron chi connectivity index (χ2n) is 4.86. The van der Waals surface area contributed by atoms with Gasteiger partial charge in [0.05, 0.1) is 12.7 Å². The normalized spacial score (nSPS) is 25.5. The van der Waals surface area contributed by atoms with Gasteiger partial charge in [-0.3, -0.25) is 9.69 Å². The van der Waals surface area contributed by atoms with E-state index in [1.807, 2.05) is 13.8 Å². The molecule has 2 unspecified atom stereocenters. The van der Waals surface area contributed by atoms with Crippen LogP contribution in [-0.2, 0) is 9.53 Å². The number of ether oxygens (including phenoxy) is 1. The summed E-state index contributed by atoms with van der Waals surface area (Å²) in [6, 6.07) is 0. The van der Waals surface area contributed by atoms with Crippen molar-refractivity contribution in [3.8, 4) is 0 Å². The monoisotopic (exact) mass is 243 g/mol. The van der Waals surface area contributed by atoms with Gasteiger partial charge in [-0.05, 0) is 19.9 Å². The highest BCUT2D eigenvalue weighted by molar-refractivity contribution is 5.84. The Balaban J connectivity index is 2.57. The van der Waals surface area contributed by atoms with E-state index in [-0.39, 0.29) is 12.0 Å². The standard InChI is InChI=1S/C12H25N3O2/c1-4-10-8-15(6-7-17-10)9-12(3,11(13)16)14-5-2/h10,14H,4-9H2,1-3H3,(H2,13,16). The van der Waals surface area contributed by atoms with E-state index in [4.69, 9.17) is 10.5 Å². The van der Waals surface area contributed by atoms with E-state index in [1.165, 1.54) is 0 Å². The van der Waals surface area contributed by atoms with Crippen LogP contribution in [0, 0.1) is 0 Å². The van der Waals surface area contributed by atoms with Gasteiger partial charge in [-0.25, -0.2) is 0 Å². The number of morpholine rings is 1. The van der Waals surface area contributed by atoms with E-state index in [1.54, 1.807) is 0 Å². The van der Waals surface area contributed by atoms with Crippen molar-refractivity contribution in [2.45, 2.75) is 38.8 Å². The van der Waals surface area contributed by atoms with Crippen LogP contribution in [0.2, 0.25) is 0 Å². The van der Waals surface area contributed by atoms with Crippen LogP contribution in [0.5, 0.6) is 0 Å². The molecule has 0 aromatic carbocycles. The highest BCUT2D eigenvalue weighted by Crippen LogP contribution is 2.12. The van der Waals surface area contributed by atoms with Gasteiger partial charge >= 0.3 is 0 Å². The fourth-order valence-corrected chi connectivity index (χ4v) is 2.23. The fraction of sp³-hybridized carbons (Fsp3) is 0.917. The van der Waals surface area contributed by atoms with Gasteiger partial charge in [0, 0.05) is 19.6 Å². The predicted molar refractivity (Wildman–Crippen MR) is 67.7 cm³/mol. The number of hydrogen-bond donors (Lipinski definition) is 2. The van der Waals surface area contributed by atoms with E-state index in [0.29, 0.717) is 6.54 Å². The third-order valence-electron chi connectivity index (χ3n) is 3.33. The molecule has 1 amide bonds. The topological polar surface area (TPSA) is 67.6 Å². The van der Waals surface area contributed by atoms with E-state index < -0.39 is 5.54 Å². The molecule has 5 nitrogen and oxygen atoms in total. The van der Waals surface area contributed by atoms with E-state index in [0.717, 1.165) is 32.7 Å². The second kappa shape index (κ2) is 6.33. The number of nitrogens with zero attached hydrogens (tertiary/aromatic N) is 1. The molecular formula is C12H25N3O2. The molecule has 1 aliphatic heterocycles. The maximum atomic E-state index is 11.5. The molecule has 0 saturated carbocycles. The summed E-state index contributed by atoms with van der Waals surface area (Å²) in [4.78, 5) is 13.8. The van der Waals surface area contributed by atoms with Crippen LogP contribution < -0.4 is 11.1 Å². The average Bonchev–Trinajstić information content (AvgIpc) is 2.29. The molecule has 0 aliphatic carbocycles. The molecule has 17 heavy (non-hydrogen) atoms. The van der Waals surface area contributed by atoms with Gasteiger partial charge in [-0.15, -0.1) is 0 Å². The summed E-state index contributed by atoms with van der Waals surface area (Å²) in [5.41, 5.74) is 4.83. The molecule has 0 aromatic heterocycles. The van der Waals surface area contributed by atoms with Gasteiger partial charge in [0.1, 0.15) is 5.54 Å². The predicted octanol–water partition coefficient (Wildman–Crippen LogP) is -0.0493. The first kappa shape index (κ1) is 14.4. The Kier molecular flexibility index (Phi) is 5.36. The lowest BCUT2D eigenvalue weighted by molar-refractivity contribution is -0.125. The number of carbonyl (C=O) groups excluding carboxylic acids is 1. The van der Waals surface area contributed by atoms with Crippen LogP contribution in [-0.4, -0.2) is 55.2 Å². The minimum atomic E-state index is -0.648. The molecule has 0 bridgehead atoms. The van der Waals surface area contributed by atoms with Crippen molar-refractivity contribution in [3.63, 3.8) is 0 Å². The van der Waals surface area contributed by atoms with Crippen molar-refractivity contribution >= 4 is 5.91 Å². The Morgan fingerprint density at radius 2 is 2.29 bits per heavy atom. The van der Waals surface area contributed by atoms with Gasteiger partial charge in [-0.2, -0.15) is 0 Å². The largest absolute Gasteiger partial charge is 0.376 e. The number of rotatable bonds is 6. The Hall–Kier alpha value is -0.650. The number of hydrogen-bond acceptors (Lipinski definition) is 4. The lowest BCUT2D eigenvalue weighted by Gasteiger charge is -2.38. The number of nitrogens with two attached hydrogens (primary N) is 1. The molecule has 0 radical (unpaired) electrons.